The van der Waals surface area contributed by atoms with Crippen molar-refractivity contribution in [3.05, 3.63) is 64.8 Å². The van der Waals surface area contributed by atoms with Gasteiger partial charge >= 0.3 is 0 Å². The largest absolute Gasteiger partial charge is 0.496 e. The Morgan fingerprint density at radius 1 is 1.21 bits per heavy atom. The molecule has 0 aliphatic heterocycles. The number of nitrogens with one attached hydrogen (secondary N) is 1. The van der Waals surface area contributed by atoms with Gasteiger partial charge in [-0.15, -0.1) is 11.3 Å². The monoisotopic (exact) mass is 396 g/mol. The van der Waals surface area contributed by atoms with Crippen LogP contribution in [0.3, 0.4) is 0 Å². The number of carbonyl (C=O) groups is 1. The van der Waals surface area contributed by atoms with E-state index in [1.165, 1.54) is 11.3 Å². The van der Waals surface area contributed by atoms with E-state index in [0.717, 1.165) is 22.0 Å². The number of thiazole rings is 1. The number of amides is 1. The summed E-state index contributed by atoms with van der Waals surface area (Å²) in [4.78, 5) is 24.3. The highest BCUT2D eigenvalue weighted by atomic mass is 32.1. The van der Waals surface area contributed by atoms with E-state index in [9.17, 15) is 4.79 Å². The fourth-order valence-corrected chi connectivity index (χ4v) is 3.95. The lowest BCUT2D eigenvalue weighted by atomic mass is 10.0. The van der Waals surface area contributed by atoms with Gasteiger partial charge in [0.05, 0.1) is 24.5 Å². The molecule has 1 unspecified atom stereocenters. The molecule has 3 rings (SSSR count). The Balaban J connectivity index is 1.76. The van der Waals surface area contributed by atoms with Gasteiger partial charge in [-0.25, -0.2) is 4.98 Å². The zero-order valence-corrected chi connectivity index (χ0v) is 17.3. The summed E-state index contributed by atoms with van der Waals surface area (Å²) in [7, 11) is 5.63. The van der Waals surface area contributed by atoms with Crippen LogP contribution in [-0.2, 0) is 0 Å². The Labute approximate surface area is 169 Å². The molecule has 7 heteroatoms. The van der Waals surface area contributed by atoms with Gasteiger partial charge in [0.15, 0.2) is 0 Å². The first-order valence-electron chi connectivity index (χ1n) is 8.97. The van der Waals surface area contributed by atoms with Crippen molar-refractivity contribution < 1.29 is 9.53 Å². The number of aryl methyl sites for hydroxylation is 1. The van der Waals surface area contributed by atoms with Gasteiger partial charge in [-0.2, -0.15) is 0 Å². The number of ether oxygens (including phenoxy) is 1. The maximum atomic E-state index is 12.8. The zero-order valence-electron chi connectivity index (χ0n) is 16.5. The number of carbonyl (C=O) groups excluding carboxylic acids is 1. The summed E-state index contributed by atoms with van der Waals surface area (Å²) in [5.74, 6) is 0.681. The Bertz CT molecular complexity index is 941. The van der Waals surface area contributed by atoms with Crippen LogP contribution in [0.2, 0.25) is 0 Å². The molecule has 0 aliphatic carbocycles. The van der Waals surface area contributed by atoms with E-state index in [4.69, 9.17) is 4.74 Å². The molecule has 3 aromatic rings. The standard InChI is InChI=1S/C21H24N4O2S/c1-14-19(28-21(24-14)16-10-7-8-12-22-16)20(26)23-13-17(25(2)3)15-9-5-6-11-18(15)27-4/h5-12,17H,13H2,1-4H3,(H,23,26). The molecule has 0 aliphatic rings. The summed E-state index contributed by atoms with van der Waals surface area (Å²) in [5.41, 5.74) is 2.52. The van der Waals surface area contributed by atoms with Crippen molar-refractivity contribution in [2.75, 3.05) is 27.7 Å². The molecule has 0 spiro atoms. The Morgan fingerprint density at radius 2 is 1.96 bits per heavy atom. The minimum absolute atomic E-state index is 0.0106. The summed E-state index contributed by atoms with van der Waals surface area (Å²) < 4.78 is 5.49. The van der Waals surface area contributed by atoms with Gasteiger partial charge in [0.25, 0.3) is 5.91 Å². The number of hydrogen-bond acceptors (Lipinski definition) is 6. The number of methoxy groups -OCH3 is 1. The maximum absolute atomic E-state index is 12.8. The number of pyridine rings is 1. The average Bonchev–Trinajstić information content (AvgIpc) is 3.10. The predicted molar refractivity (Wildman–Crippen MR) is 112 cm³/mol. The molecule has 6 nitrogen and oxygen atoms in total. The van der Waals surface area contributed by atoms with Crippen LogP contribution >= 0.6 is 11.3 Å². The number of rotatable bonds is 7. The molecule has 1 aromatic carbocycles. The Morgan fingerprint density at radius 3 is 2.64 bits per heavy atom. The van der Waals surface area contributed by atoms with E-state index in [1.807, 2.05) is 63.5 Å². The second kappa shape index (κ2) is 8.95. The van der Waals surface area contributed by atoms with E-state index in [0.29, 0.717) is 17.1 Å². The molecular weight excluding hydrogens is 372 g/mol. The summed E-state index contributed by atoms with van der Waals surface area (Å²) >= 11 is 1.36. The number of nitrogens with zero attached hydrogens (tertiary/aromatic N) is 3. The fourth-order valence-electron chi connectivity index (χ4n) is 2.99. The Hall–Kier alpha value is -2.77. The lowest BCUT2D eigenvalue weighted by molar-refractivity contribution is 0.0944. The van der Waals surface area contributed by atoms with Gasteiger partial charge in [0.2, 0.25) is 0 Å². The SMILES string of the molecule is COc1ccccc1C(CNC(=O)c1sc(-c2ccccn2)nc1C)N(C)C. The van der Waals surface area contributed by atoms with Gasteiger partial charge in [-0.1, -0.05) is 24.3 Å². The van der Waals surface area contributed by atoms with E-state index < -0.39 is 0 Å². The molecule has 0 bridgehead atoms. The van der Waals surface area contributed by atoms with E-state index in [-0.39, 0.29) is 11.9 Å². The van der Waals surface area contributed by atoms with Gasteiger partial charge in [0, 0.05) is 18.3 Å². The lowest BCUT2D eigenvalue weighted by Crippen LogP contribution is -2.34. The fraction of sp³-hybridized carbons (Fsp3) is 0.286. The molecule has 1 atom stereocenters. The quantitative estimate of drug-likeness (QED) is 0.661. The molecule has 2 aromatic heterocycles. The molecule has 1 amide bonds. The first-order chi connectivity index (χ1) is 13.5. The molecule has 146 valence electrons. The molecule has 0 fully saturated rings. The van der Waals surface area contributed by atoms with Crippen molar-refractivity contribution in [2.45, 2.75) is 13.0 Å². The van der Waals surface area contributed by atoms with Crippen molar-refractivity contribution >= 4 is 17.2 Å². The highest BCUT2D eigenvalue weighted by molar-refractivity contribution is 7.17. The van der Waals surface area contributed by atoms with Crippen LogP contribution < -0.4 is 10.1 Å². The number of likely N-dealkylation sites (N-methyl/N-ethyl adjacent to an activating group) is 1. The lowest BCUT2D eigenvalue weighted by Gasteiger charge is -2.26. The second-order valence-electron chi connectivity index (χ2n) is 6.58. The number of hydrogen-bond donors (Lipinski definition) is 1. The van der Waals surface area contributed by atoms with Crippen LogP contribution in [-0.4, -0.2) is 48.5 Å². The topological polar surface area (TPSA) is 67.3 Å². The molecule has 2 heterocycles. The van der Waals surface area contributed by atoms with Crippen molar-refractivity contribution in [3.63, 3.8) is 0 Å². The number of aromatic nitrogens is 2. The number of para-hydroxylation sites is 1. The Kier molecular flexibility index (Phi) is 6.38. The van der Waals surface area contributed by atoms with Gasteiger partial charge in [-0.05, 0) is 39.2 Å². The van der Waals surface area contributed by atoms with Crippen molar-refractivity contribution in [3.8, 4) is 16.5 Å². The van der Waals surface area contributed by atoms with Crippen molar-refractivity contribution in [1.82, 2.24) is 20.2 Å². The summed E-state index contributed by atoms with van der Waals surface area (Å²) in [5, 5.41) is 3.80. The van der Waals surface area contributed by atoms with Crippen LogP contribution in [0.25, 0.3) is 10.7 Å². The molecule has 28 heavy (non-hydrogen) atoms. The third-order valence-electron chi connectivity index (χ3n) is 4.46. The molecule has 1 N–H and O–H groups in total. The minimum atomic E-state index is -0.126. The zero-order chi connectivity index (χ0) is 20.1. The summed E-state index contributed by atoms with van der Waals surface area (Å²) in [6, 6.07) is 13.5. The van der Waals surface area contributed by atoms with Gasteiger partial charge < -0.3 is 15.0 Å². The predicted octanol–water partition coefficient (Wildman–Crippen LogP) is 3.55. The summed E-state index contributed by atoms with van der Waals surface area (Å²) in [6.45, 7) is 2.31. The molecule has 0 saturated heterocycles. The van der Waals surface area contributed by atoms with Crippen molar-refractivity contribution in [1.29, 1.82) is 0 Å². The third-order valence-corrected chi connectivity index (χ3v) is 5.64. The second-order valence-corrected chi connectivity index (χ2v) is 7.58. The molecule has 0 saturated carbocycles. The van der Waals surface area contributed by atoms with Gasteiger partial charge in [0.1, 0.15) is 15.6 Å². The van der Waals surface area contributed by atoms with Gasteiger partial charge in [-0.3, -0.25) is 9.78 Å². The number of benzene rings is 1. The van der Waals surface area contributed by atoms with E-state index >= 15 is 0 Å². The van der Waals surface area contributed by atoms with E-state index in [2.05, 4.69) is 20.2 Å². The smallest absolute Gasteiger partial charge is 0.263 e. The average molecular weight is 397 g/mol. The van der Waals surface area contributed by atoms with Crippen LogP contribution in [0.15, 0.2) is 48.7 Å². The normalized spacial score (nSPS) is 12.0. The first-order valence-corrected chi connectivity index (χ1v) is 9.79. The van der Waals surface area contributed by atoms with Crippen LogP contribution in [0.1, 0.15) is 27.0 Å². The third kappa shape index (κ3) is 4.37. The summed E-state index contributed by atoms with van der Waals surface area (Å²) in [6.07, 6.45) is 1.72. The van der Waals surface area contributed by atoms with Crippen LogP contribution in [0.5, 0.6) is 5.75 Å². The molecule has 0 radical (unpaired) electrons. The highest BCUT2D eigenvalue weighted by Crippen LogP contribution is 2.29. The van der Waals surface area contributed by atoms with Crippen molar-refractivity contribution in [2.24, 2.45) is 0 Å². The van der Waals surface area contributed by atoms with E-state index in [1.54, 1.807) is 13.3 Å². The van der Waals surface area contributed by atoms with Crippen LogP contribution in [0, 0.1) is 6.92 Å². The maximum Gasteiger partial charge on any atom is 0.263 e. The first kappa shape index (κ1) is 20.0. The van der Waals surface area contributed by atoms with Crippen LogP contribution in [0.4, 0.5) is 0 Å². The highest BCUT2D eigenvalue weighted by Gasteiger charge is 2.21. The minimum Gasteiger partial charge on any atom is -0.496 e. The molecular formula is C21H24N4O2S.